The minimum absolute atomic E-state index is 0.166. The lowest BCUT2D eigenvalue weighted by atomic mass is 9.94. The number of hydrogen-bond acceptors (Lipinski definition) is 3. The number of nitrogens with one attached hydrogen (secondary N) is 1. The third-order valence-corrected chi connectivity index (χ3v) is 7.16. The molecule has 0 aliphatic carbocycles. The van der Waals surface area contributed by atoms with E-state index in [1.54, 1.807) is 18.2 Å². The molecule has 1 aliphatic rings. The van der Waals surface area contributed by atoms with Crippen molar-refractivity contribution in [2.75, 3.05) is 25.5 Å². The summed E-state index contributed by atoms with van der Waals surface area (Å²) in [4.78, 5) is 15.1. The van der Waals surface area contributed by atoms with Crippen LogP contribution in [0.5, 0.6) is 5.75 Å². The number of carbonyl (C=O) groups excluding carboxylic acids is 1. The van der Waals surface area contributed by atoms with Crippen molar-refractivity contribution in [3.05, 3.63) is 107 Å². The third kappa shape index (κ3) is 6.27. The first-order valence-corrected chi connectivity index (χ1v) is 13.2. The summed E-state index contributed by atoms with van der Waals surface area (Å²) in [5.74, 6) is 0.301. The second-order valence-corrected chi connectivity index (χ2v) is 10.3. The molecule has 1 aliphatic heterocycles. The van der Waals surface area contributed by atoms with Crippen molar-refractivity contribution in [1.82, 2.24) is 4.90 Å². The first-order valence-electron chi connectivity index (χ1n) is 12.4. The molecule has 0 atom stereocenters. The Morgan fingerprint density at radius 1 is 0.892 bits per heavy atom. The molecule has 0 saturated carbocycles. The molecule has 188 valence electrons. The van der Waals surface area contributed by atoms with Crippen molar-refractivity contribution in [2.24, 2.45) is 0 Å². The fourth-order valence-corrected chi connectivity index (χ4v) is 4.87. The van der Waals surface area contributed by atoms with Crippen LogP contribution >= 0.6 is 15.9 Å². The van der Waals surface area contributed by atoms with E-state index in [1.807, 2.05) is 60.7 Å². The zero-order valence-corrected chi connectivity index (χ0v) is 22.2. The Hall–Kier alpha value is -3.48. The van der Waals surface area contributed by atoms with Crippen LogP contribution in [0.1, 0.15) is 23.2 Å². The first-order chi connectivity index (χ1) is 17.9. The van der Waals surface area contributed by atoms with E-state index in [0.717, 1.165) is 58.4 Å². The molecule has 5 rings (SSSR count). The smallest absolute Gasteiger partial charge is 0.255 e. The number of amides is 1. The molecule has 4 aromatic carbocycles. The molecule has 1 fully saturated rings. The molecule has 0 radical (unpaired) electrons. The van der Waals surface area contributed by atoms with Crippen LogP contribution in [0, 0.1) is 5.82 Å². The summed E-state index contributed by atoms with van der Waals surface area (Å²) in [7, 11) is 2.13. The number of nitrogens with zero attached hydrogens (tertiary/aromatic N) is 1. The van der Waals surface area contributed by atoms with E-state index in [0.29, 0.717) is 11.3 Å². The lowest BCUT2D eigenvalue weighted by Gasteiger charge is -2.29. The van der Waals surface area contributed by atoms with Crippen molar-refractivity contribution >= 4 is 27.5 Å². The average Bonchev–Trinajstić information content (AvgIpc) is 2.90. The molecule has 0 spiro atoms. The zero-order chi connectivity index (χ0) is 25.8. The number of anilines is 1. The Morgan fingerprint density at radius 3 is 2.32 bits per heavy atom. The van der Waals surface area contributed by atoms with Gasteiger partial charge in [0, 0.05) is 28.8 Å². The van der Waals surface area contributed by atoms with Crippen LogP contribution in [0.3, 0.4) is 0 Å². The Labute approximate surface area is 225 Å². The fourth-order valence-electron chi connectivity index (χ4n) is 4.61. The van der Waals surface area contributed by atoms with Gasteiger partial charge in [-0.25, -0.2) is 4.39 Å². The van der Waals surface area contributed by atoms with E-state index < -0.39 is 0 Å². The quantitative estimate of drug-likeness (QED) is 0.264. The van der Waals surface area contributed by atoms with Crippen LogP contribution in [0.25, 0.3) is 22.3 Å². The first kappa shape index (κ1) is 25.2. The monoisotopic (exact) mass is 558 g/mol. The molecule has 0 unspecified atom stereocenters. The van der Waals surface area contributed by atoms with Crippen molar-refractivity contribution < 1.29 is 13.9 Å². The normalized spacial score (nSPS) is 14.4. The third-order valence-electron chi connectivity index (χ3n) is 6.63. The van der Waals surface area contributed by atoms with Crippen molar-refractivity contribution in [1.29, 1.82) is 0 Å². The number of piperidine rings is 1. The minimum atomic E-state index is -0.291. The van der Waals surface area contributed by atoms with Crippen molar-refractivity contribution in [3.8, 4) is 28.0 Å². The Morgan fingerprint density at radius 2 is 1.59 bits per heavy atom. The molecule has 4 aromatic rings. The summed E-state index contributed by atoms with van der Waals surface area (Å²) >= 11 is 3.40. The maximum atomic E-state index is 14.2. The predicted molar refractivity (Wildman–Crippen MR) is 151 cm³/mol. The summed E-state index contributed by atoms with van der Waals surface area (Å²) in [5, 5.41) is 2.98. The molecule has 1 N–H and O–H groups in total. The standard InChI is InChI=1S/C31H28BrFN2O2/c1-35-16-14-27(15-17-35)37-28-12-13-29(30(20-28)22-4-2-6-25(33)18-22)23-5-3-7-26(19-23)34-31(36)21-8-10-24(32)11-9-21/h2-13,18-20,27H,14-17H2,1H3,(H,34,36). The topological polar surface area (TPSA) is 41.6 Å². The highest BCUT2D eigenvalue weighted by Crippen LogP contribution is 2.37. The van der Waals surface area contributed by atoms with Crippen molar-refractivity contribution in [3.63, 3.8) is 0 Å². The largest absolute Gasteiger partial charge is 0.490 e. The lowest BCUT2D eigenvalue weighted by molar-refractivity contribution is 0.102. The minimum Gasteiger partial charge on any atom is -0.490 e. The van der Waals surface area contributed by atoms with Crippen LogP contribution in [0.15, 0.2) is 95.5 Å². The van der Waals surface area contributed by atoms with Gasteiger partial charge < -0.3 is 15.0 Å². The number of likely N-dealkylation sites (tertiary alicyclic amines) is 1. The summed E-state index contributed by atoms with van der Waals surface area (Å²) in [6.07, 6.45) is 2.13. The van der Waals surface area contributed by atoms with Gasteiger partial charge >= 0.3 is 0 Å². The molecule has 1 amide bonds. The van der Waals surface area contributed by atoms with E-state index >= 15 is 0 Å². The number of carbonyl (C=O) groups is 1. The van der Waals surface area contributed by atoms with Crippen LogP contribution in [-0.4, -0.2) is 37.0 Å². The number of benzene rings is 4. The number of hydrogen-bond donors (Lipinski definition) is 1. The van der Waals surface area contributed by atoms with Gasteiger partial charge in [0.05, 0.1) is 0 Å². The molecular weight excluding hydrogens is 531 g/mol. The number of ether oxygens (including phenoxy) is 1. The molecule has 1 heterocycles. The van der Waals surface area contributed by atoms with E-state index in [1.165, 1.54) is 12.1 Å². The zero-order valence-electron chi connectivity index (χ0n) is 20.6. The SMILES string of the molecule is CN1CCC(Oc2ccc(-c3cccc(NC(=O)c4ccc(Br)cc4)c3)c(-c3cccc(F)c3)c2)CC1. The number of rotatable bonds is 6. The van der Waals surface area contributed by atoms with Gasteiger partial charge in [0.25, 0.3) is 5.91 Å². The summed E-state index contributed by atoms with van der Waals surface area (Å²) in [5.41, 5.74) is 4.75. The summed E-state index contributed by atoms with van der Waals surface area (Å²) < 4.78 is 21.5. The van der Waals surface area contributed by atoms with Crippen LogP contribution in [0.4, 0.5) is 10.1 Å². The van der Waals surface area contributed by atoms with Gasteiger partial charge in [0.1, 0.15) is 17.7 Å². The van der Waals surface area contributed by atoms with E-state index in [2.05, 4.69) is 33.2 Å². The average molecular weight is 559 g/mol. The molecule has 0 bridgehead atoms. The Bertz CT molecular complexity index is 1400. The van der Waals surface area contributed by atoms with E-state index in [9.17, 15) is 9.18 Å². The van der Waals surface area contributed by atoms with Gasteiger partial charge in [0.15, 0.2) is 0 Å². The Balaban J connectivity index is 1.46. The second-order valence-electron chi connectivity index (χ2n) is 9.38. The molecular formula is C31H28BrFN2O2. The van der Waals surface area contributed by atoms with Crippen LogP contribution in [0.2, 0.25) is 0 Å². The second kappa shape index (κ2) is 11.3. The van der Waals surface area contributed by atoms with Gasteiger partial charge in [-0.15, -0.1) is 0 Å². The van der Waals surface area contributed by atoms with E-state index in [4.69, 9.17) is 4.74 Å². The highest BCUT2D eigenvalue weighted by atomic mass is 79.9. The predicted octanol–water partition coefficient (Wildman–Crippen LogP) is 7.65. The lowest BCUT2D eigenvalue weighted by Crippen LogP contribution is -2.35. The highest BCUT2D eigenvalue weighted by molar-refractivity contribution is 9.10. The summed E-state index contributed by atoms with van der Waals surface area (Å²) in [6.45, 7) is 2.02. The van der Waals surface area contributed by atoms with Gasteiger partial charge in [-0.3, -0.25) is 4.79 Å². The molecule has 1 saturated heterocycles. The van der Waals surface area contributed by atoms with Crippen LogP contribution in [-0.2, 0) is 0 Å². The molecule has 4 nitrogen and oxygen atoms in total. The molecule has 37 heavy (non-hydrogen) atoms. The Kier molecular flexibility index (Phi) is 7.68. The molecule has 6 heteroatoms. The number of halogens is 2. The van der Waals surface area contributed by atoms with Gasteiger partial charge in [-0.05, 0) is 103 Å². The highest BCUT2D eigenvalue weighted by Gasteiger charge is 2.19. The summed E-state index contributed by atoms with van der Waals surface area (Å²) in [6, 6.07) is 27.5. The van der Waals surface area contributed by atoms with E-state index in [-0.39, 0.29) is 17.8 Å². The maximum Gasteiger partial charge on any atom is 0.255 e. The van der Waals surface area contributed by atoms with Gasteiger partial charge in [-0.2, -0.15) is 0 Å². The van der Waals surface area contributed by atoms with Crippen molar-refractivity contribution in [2.45, 2.75) is 18.9 Å². The fraction of sp³-hybridized carbons (Fsp3) is 0.194. The van der Waals surface area contributed by atoms with Gasteiger partial charge in [-0.1, -0.05) is 46.3 Å². The maximum absolute atomic E-state index is 14.2. The molecule has 0 aromatic heterocycles. The van der Waals surface area contributed by atoms with Crippen LogP contribution < -0.4 is 10.1 Å². The van der Waals surface area contributed by atoms with Gasteiger partial charge in [0.2, 0.25) is 0 Å².